The molecule has 2 N–H and O–H groups in total. The lowest BCUT2D eigenvalue weighted by Gasteiger charge is -2.13. The highest BCUT2D eigenvalue weighted by atomic mass is 32.2. The minimum atomic E-state index is -3.37. The molecule has 0 unspecified atom stereocenters. The molecule has 0 bridgehead atoms. The summed E-state index contributed by atoms with van der Waals surface area (Å²) in [6, 6.07) is 5.10. The number of anilines is 1. The molecule has 96 valence electrons. The van der Waals surface area contributed by atoms with Crippen molar-refractivity contribution >= 4 is 15.7 Å². The summed E-state index contributed by atoms with van der Waals surface area (Å²) in [7, 11) is -1.95. The molecule has 1 rings (SSSR count). The average molecular weight is 256 g/mol. The van der Waals surface area contributed by atoms with E-state index in [0.717, 1.165) is 17.8 Å². The number of nitrogens with one attached hydrogen (secondary N) is 2. The largest absolute Gasteiger partial charge is 0.385 e. The Kier molecular flexibility index (Phi) is 4.54. The molecule has 4 nitrogen and oxygen atoms in total. The second kappa shape index (κ2) is 5.51. The number of aryl methyl sites for hydroxylation is 1. The van der Waals surface area contributed by atoms with Crippen molar-refractivity contribution in [2.45, 2.75) is 25.7 Å². The molecular formula is C12H20N2O2S. The predicted molar refractivity (Wildman–Crippen MR) is 70.8 cm³/mol. The molecule has 0 saturated carbocycles. The lowest BCUT2D eigenvalue weighted by Crippen LogP contribution is -2.19. The first-order valence-corrected chi connectivity index (χ1v) is 7.13. The maximum absolute atomic E-state index is 11.7. The van der Waals surface area contributed by atoms with Crippen LogP contribution in [0.25, 0.3) is 0 Å². The highest BCUT2D eigenvalue weighted by molar-refractivity contribution is 7.89. The summed E-state index contributed by atoms with van der Waals surface area (Å²) in [5, 5.41) is 3.26. The second-order valence-corrected chi connectivity index (χ2v) is 6.35. The third-order valence-electron chi connectivity index (χ3n) is 2.49. The standard InChI is InChI=1S/C12H20N2O2S/c1-9(2)8-14-12-7-11(6-5-10(12)3)17(15,16)13-4/h5-7,9,13-14H,8H2,1-4H3. The molecule has 0 aliphatic rings. The van der Waals surface area contributed by atoms with Gasteiger partial charge in [0, 0.05) is 12.2 Å². The number of sulfonamides is 1. The van der Waals surface area contributed by atoms with Crippen molar-refractivity contribution in [3.8, 4) is 0 Å². The van der Waals surface area contributed by atoms with Crippen molar-refractivity contribution in [3.05, 3.63) is 23.8 Å². The summed E-state index contributed by atoms with van der Waals surface area (Å²) in [5.74, 6) is 0.513. The molecule has 0 aromatic heterocycles. The third kappa shape index (κ3) is 3.71. The van der Waals surface area contributed by atoms with E-state index >= 15 is 0 Å². The number of hydrogen-bond donors (Lipinski definition) is 2. The zero-order chi connectivity index (χ0) is 13.1. The van der Waals surface area contributed by atoms with Gasteiger partial charge in [0.2, 0.25) is 10.0 Å². The summed E-state index contributed by atoms with van der Waals surface area (Å²) in [6.07, 6.45) is 0. The predicted octanol–water partition coefficient (Wildman–Crippen LogP) is 1.97. The maximum Gasteiger partial charge on any atom is 0.240 e. The number of rotatable bonds is 5. The van der Waals surface area contributed by atoms with Gasteiger partial charge in [-0.25, -0.2) is 13.1 Å². The van der Waals surface area contributed by atoms with Crippen LogP contribution in [0.1, 0.15) is 19.4 Å². The van der Waals surface area contributed by atoms with Crippen LogP contribution >= 0.6 is 0 Å². The Morgan fingerprint density at radius 2 is 1.94 bits per heavy atom. The Bertz CT molecular complexity index is 481. The molecule has 1 aromatic rings. The van der Waals surface area contributed by atoms with Gasteiger partial charge in [-0.05, 0) is 37.6 Å². The first-order chi connectivity index (χ1) is 7.86. The summed E-state index contributed by atoms with van der Waals surface area (Å²) in [4.78, 5) is 0.289. The van der Waals surface area contributed by atoms with Gasteiger partial charge in [0.15, 0.2) is 0 Å². The molecule has 0 aliphatic carbocycles. The first kappa shape index (κ1) is 14.0. The van der Waals surface area contributed by atoms with Gasteiger partial charge in [-0.3, -0.25) is 0 Å². The van der Waals surface area contributed by atoms with Gasteiger partial charge in [-0.2, -0.15) is 0 Å². The van der Waals surface area contributed by atoms with Crippen molar-refractivity contribution in [2.24, 2.45) is 5.92 Å². The van der Waals surface area contributed by atoms with Gasteiger partial charge in [0.05, 0.1) is 4.90 Å². The van der Waals surface area contributed by atoms with Crippen LogP contribution in [0, 0.1) is 12.8 Å². The van der Waals surface area contributed by atoms with Crippen LogP contribution in [0.5, 0.6) is 0 Å². The Morgan fingerprint density at radius 3 is 2.47 bits per heavy atom. The molecule has 0 aliphatic heterocycles. The van der Waals surface area contributed by atoms with Crippen molar-refractivity contribution in [1.82, 2.24) is 4.72 Å². The Morgan fingerprint density at radius 1 is 1.29 bits per heavy atom. The van der Waals surface area contributed by atoms with Crippen LogP contribution in [0.15, 0.2) is 23.1 Å². The molecule has 0 fully saturated rings. The van der Waals surface area contributed by atoms with Crippen LogP contribution in [0.3, 0.4) is 0 Å². The smallest absolute Gasteiger partial charge is 0.240 e. The van der Waals surface area contributed by atoms with Crippen molar-refractivity contribution in [3.63, 3.8) is 0 Å². The van der Waals surface area contributed by atoms with E-state index in [4.69, 9.17) is 0 Å². The summed E-state index contributed by atoms with van der Waals surface area (Å²) in [5.41, 5.74) is 1.91. The van der Waals surface area contributed by atoms with Gasteiger partial charge in [0.25, 0.3) is 0 Å². The Hall–Kier alpha value is -1.07. The van der Waals surface area contributed by atoms with Crippen LogP contribution < -0.4 is 10.0 Å². The zero-order valence-corrected chi connectivity index (χ0v) is 11.6. The molecule has 0 radical (unpaired) electrons. The summed E-state index contributed by atoms with van der Waals surface area (Å²) < 4.78 is 25.6. The Balaban J connectivity index is 3.03. The molecule has 0 saturated heterocycles. The van der Waals surface area contributed by atoms with Crippen LogP contribution in [-0.4, -0.2) is 22.0 Å². The third-order valence-corrected chi connectivity index (χ3v) is 3.90. The highest BCUT2D eigenvalue weighted by Gasteiger charge is 2.12. The normalized spacial score (nSPS) is 11.8. The average Bonchev–Trinajstić information content (AvgIpc) is 2.27. The number of benzene rings is 1. The summed E-state index contributed by atoms with van der Waals surface area (Å²) >= 11 is 0. The SMILES string of the molecule is CNS(=O)(=O)c1ccc(C)c(NCC(C)C)c1. The van der Waals surface area contributed by atoms with E-state index < -0.39 is 10.0 Å². The fourth-order valence-electron chi connectivity index (χ4n) is 1.39. The topological polar surface area (TPSA) is 58.2 Å². The molecule has 0 atom stereocenters. The van der Waals surface area contributed by atoms with E-state index in [1.165, 1.54) is 7.05 Å². The monoisotopic (exact) mass is 256 g/mol. The number of hydrogen-bond acceptors (Lipinski definition) is 3. The molecule has 17 heavy (non-hydrogen) atoms. The molecule has 5 heteroatoms. The molecular weight excluding hydrogens is 236 g/mol. The molecule has 0 spiro atoms. The van der Waals surface area contributed by atoms with Crippen molar-refractivity contribution in [2.75, 3.05) is 18.9 Å². The first-order valence-electron chi connectivity index (χ1n) is 5.65. The van der Waals surface area contributed by atoms with Crippen molar-refractivity contribution < 1.29 is 8.42 Å². The fourth-order valence-corrected chi connectivity index (χ4v) is 2.15. The fraction of sp³-hybridized carbons (Fsp3) is 0.500. The van der Waals surface area contributed by atoms with E-state index in [2.05, 4.69) is 23.9 Å². The van der Waals surface area contributed by atoms with Gasteiger partial charge < -0.3 is 5.32 Å². The quantitative estimate of drug-likeness (QED) is 0.847. The van der Waals surface area contributed by atoms with Gasteiger partial charge in [-0.1, -0.05) is 19.9 Å². The van der Waals surface area contributed by atoms with Gasteiger partial charge >= 0.3 is 0 Å². The van der Waals surface area contributed by atoms with E-state index in [-0.39, 0.29) is 4.90 Å². The molecule has 0 amide bonds. The van der Waals surface area contributed by atoms with Crippen LogP contribution in [0.2, 0.25) is 0 Å². The summed E-state index contributed by atoms with van der Waals surface area (Å²) in [6.45, 7) is 7.00. The lowest BCUT2D eigenvalue weighted by atomic mass is 10.1. The minimum Gasteiger partial charge on any atom is -0.385 e. The minimum absolute atomic E-state index is 0.289. The van der Waals surface area contributed by atoms with E-state index in [1.54, 1.807) is 12.1 Å². The van der Waals surface area contributed by atoms with Gasteiger partial charge in [0.1, 0.15) is 0 Å². The Labute approximate surface area is 103 Å². The maximum atomic E-state index is 11.7. The molecule has 0 heterocycles. The van der Waals surface area contributed by atoms with Crippen LogP contribution in [-0.2, 0) is 10.0 Å². The van der Waals surface area contributed by atoms with Gasteiger partial charge in [-0.15, -0.1) is 0 Å². The second-order valence-electron chi connectivity index (χ2n) is 4.46. The lowest BCUT2D eigenvalue weighted by molar-refractivity contribution is 0.588. The molecule has 1 aromatic carbocycles. The zero-order valence-electron chi connectivity index (χ0n) is 10.7. The van der Waals surface area contributed by atoms with Crippen LogP contribution in [0.4, 0.5) is 5.69 Å². The highest BCUT2D eigenvalue weighted by Crippen LogP contribution is 2.20. The van der Waals surface area contributed by atoms with E-state index in [1.807, 2.05) is 13.0 Å². The van der Waals surface area contributed by atoms with E-state index in [9.17, 15) is 8.42 Å². The van der Waals surface area contributed by atoms with Crippen molar-refractivity contribution in [1.29, 1.82) is 0 Å². The van der Waals surface area contributed by atoms with E-state index in [0.29, 0.717) is 5.92 Å².